The van der Waals surface area contributed by atoms with Crippen LogP contribution in [-0.4, -0.2) is 27.6 Å². The standard InChI is InChI=1S/C15H20BrN5O/c1-3-13(20-15-19-10(2)18-14(17)21-15)9-22-8-11-5-4-6-12(16)7-11/h4-7,13H,3,8-9H2,1-2H3,(H3,17,18,19,20,21). The summed E-state index contributed by atoms with van der Waals surface area (Å²) in [6, 6.07) is 8.19. The largest absolute Gasteiger partial charge is 0.375 e. The molecule has 2 rings (SSSR count). The predicted molar refractivity (Wildman–Crippen MR) is 90.5 cm³/mol. The Bertz CT molecular complexity index is 602. The molecule has 0 amide bonds. The van der Waals surface area contributed by atoms with E-state index in [1.165, 1.54) is 0 Å². The lowest BCUT2D eigenvalue weighted by Gasteiger charge is -2.17. The monoisotopic (exact) mass is 365 g/mol. The fourth-order valence-corrected chi connectivity index (χ4v) is 2.40. The van der Waals surface area contributed by atoms with Gasteiger partial charge < -0.3 is 15.8 Å². The van der Waals surface area contributed by atoms with E-state index in [2.05, 4.69) is 43.1 Å². The van der Waals surface area contributed by atoms with Gasteiger partial charge in [-0.25, -0.2) is 0 Å². The summed E-state index contributed by atoms with van der Waals surface area (Å²) >= 11 is 3.45. The minimum atomic E-state index is 0.119. The first-order valence-electron chi connectivity index (χ1n) is 7.13. The Morgan fingerprint density at radius 2 is 2.14 bits per heavy atom. The van der Waals surface area contributed by atoms with Crippen LogP contribution in [0.5, 0.6) is 0 Å². The molecular weight excluding hydrogens is 346 g/mol. The first-order chi connectivity index (χ1) is 10.6. The number of nitrogens with zero attached hydrogens (tertiary/aromatic N) is 3. The molecule has 1 aromatic heterocycles. The molecule has 118 valence electrons. The lowest BCUT2D eigenvalue weighted by atomic mass is 10.2. The number of ether oxygens (including phenoxy) is 1. The fraction of sp³-hybridized carbons (Fsp3) is 0.400. The Morgan fingerprint density at radius 1 is 1.32 bits per heavy atom. The van der Waals surface area contributed by atoms with E-state index in [4.69, 9.17) is 10.5 Å². The number of hydrogen-bond acceptors (Lipinski definition) is 6. The molecule has 0 saturated heterocycles. The molecule has 0 aliphatic heterocycles. The zero-order chi connectivity index (χ0) is 15.9. The number of anilines is 2. The van der Waals surface area contributed by atoms with Gasteiger partial charge in [0.05, 0.1) is 19.3 Å². The first-order valence-corrected chi connectivity index (χ1v) is 7.93. The van der Waals surface area contributed by atoms with Gasteiger partial charge in [0.25, 0.3) is 0 Å². The minimum absolute atomic E-state index is 0.119. The third-order valence-corrected chi connectivity index (χ3v) is 3.56. The van der Waals surface area contributed by atoms with Crippen LogP contribution in [0.15, 0.2) is 28.7 Å². The van der Waals surface area contributed by atoms with Crippen molar-refractivity contribution in [2.75, 3.05) is 17.7 Å². The molecule has 0 radical (unpaired) electrons. The van der Waals surface area contributed by atoms with Crippen molar-refractivity contribution in [1.29, 1.82) is 0 Å². The lowest BCUT2D eigenvalue weighted by Crippen LogP contribution is -2.26. The molecule has 1 aromatic carbocycles. The molecule has 0 saturated carbocycles. The Morgan fingerprint density at radius 3 is 2.82 bits per heavy atom. The minimum Gasteiger partial charge on any atom is -0.375 e. The zero-order valence-corrected chi connectivity index (χ0v) is 14.3. The third kappa shape index (κ3) is 5.23. The van der Waals surface area contributed by atoms with Crippen LogP contribution in [0.1, 0.15) is 24.7 Å². The molecule has 1 heterocycles. The number of rotatable bonds is 7. The summed E-state index contributed by atoms with van der Waals surface area (Å²) in [7, 11) is 0. The third-order valence-electron chi connectivity index (χ3n) is 3.07. The number of nitrogen functional groups attached to an aromatic ring is 1. The predicted octanol–water partition coefficient (Wildman–Crippen LogP) is 2.93. The van der Waals surface area contributed by atoms with E-state index in [0.29, 0.717) is 25.0 Å². The van der Waals surface area contributed by atoms with Crippen LogP contribution in [0.3, 0.4) is 0 Å². The van der Waals surface area contributed by atoms with Crippen molar-refractivity contribution >= 4 is 27.8 Å². The van der Waals surface area contributed by atoms with Crippen molar-refractivity contribution in [3.8, 4) is 0 Å². The van der Waals surface area contributed by atoms with E-state index in [9.17, 15) is 0 Å². The van der Waals surface area contributed by atoms with Crippen LogP contribution < -0.4 is 11.1 Å². The molecule has 0 fully saturated rings. The second-order valence-corrected chi connectivity index (χ2v) is 5.87. The highest BCUT2D eigenvalue weighted by Gasteiger charge is 2.09. The normalized spacial score (nSPS) is 12.1. The quantitative estimate of drug-likeness (QED) is 0.784. The Labute approximate surface area is 138 Å². The molecule has 0 aliphatic carbocycles. The van der Waals surface area contributed by atoms with Crippen LogP contribution >= 0.6 is 15.9 Å². The summed E-state index contributed by atoms with van der Waals surface area (Å²) in [6.07, 6.45) is 0.892. The van der Waals surface area contributed by atoms with Gasteiger partial charge in [-0.15, -0.1) is 0 Å². The molecular formula is C15H20BrN5O. The molecule has 0 spiro atoms. The van der Waals surface area contributed by atoms with E-state index in [1.807, 2.05) is 24.3 Å². The van der Waals surface area contributed by atoms with Gasteiger partial charge in [0.2, 0.25) is 11.9 Å². The molecule has 2 aromatic rings. The van der Waals surface area contributed by atoms with Crippen molar-refractivity contribution in [2.24, 2.45) is 0 Å². The first kappa shape index (κ1) is 16.6. The molecule has 3 N–H and O–H groups in total. The molecule has 0 aliphatic rings. The van der Waals surface area contributed by atoms with E-state index in [0.717, 1.165) is 16.5 Å². The van der Waals surface area contributed by atoms with E-state index < -0.39 is 0 Å². The van der Waals surface area contributed by atoms with Crippen LogP contribution in [0.4, 0.5) is 11.9 Å². The maximum absolute atomic E-state index is 5.77. The van der Waals surface area contributed by atoms with Crippen LogP contribution in [0, 0.1) is 6.92 Å². The van der Waals surface area contributed by atoms with Gasteiger partial charge in [-0.2, -0.15) is 15.0 Å². The smallest absolute Gasteiger partial charge is 0.228 e. The number of halogens is 1. The number of aromatic nitrogens is 3. The molecule has 0 bridgehead atoms. The van der Waals surface area contributed by atoms with Gasteiger partial charge in [0.1, 0.15) is 5.82 Å². The molecule has 1 atom stereocenters. The summed E-state index contributed by atoms with van der Waals surface area (Å²) in [4.78, 5) is 12.3. The number of benzene rings is 1. The average Bonchev–Trinajstić information content (AvgIpc) is 2.45. The van der Waals surface area contributed by atoms with Crippen molar-refractivity contribution in [3.05, 3.63) is 40.1 Å². The second-order valence-electron chi connectivity index (χ2n) is 4.96. The maximum atomic E-state index is 5.77. The van der Waals surface area contributed by atoms with Crippen molar-refractivity contribution < 1.29 is 4.74 Å². The number of aryl methyl sites for hydroxylation is 1. The van der Waals surface area contributed by atoms with Crippen molar-refractivity contribution in [3.63, 3.8) is 0 Å². The topological polar surface area (TPSA) is 86.0 Å². The van der Waals surface area contributed by atoms with Gasteiger partial charge in [-0.05, 0) is 31.0 Å². The highest BCUT2D eigenvalue weighted by atomic mass is 79.9. The Balaban J connectivity index is 1.86. The van der Waals surface area contributed by atoms with E-state index >= 15 is 0 Å². The lowest BCUT2D eigenvalue weighted by molar-refractivity contribution is 0.111. The van der Waals surface area contributed by atoms with Crippen LogP contribution in [0.2, 0.25) is 0 Å². The van der Waals surface area contributed by atoms with Crippen molar-refractivity contribution in [1.82, 2.24) is 15.0 Å². The number of hydrogen-bond donors (Lipinski definition) is 2. The van der Waals surface area contributed by atoms with E-state index in [-0.39, 0.29) is 12.0 Å². The average molecular weight is 366 g/mol. The second kappa shape index (κ2) is 8.05. The van der Waals surface area contributed by atoms with Gasteiger partial charge in [-0.3, -0.25) is 0 Å². The maximum Gasteiger partial charge on any atom is 0.228 e. The van der Waals surface area contributed by atoms with Crippen LogP contribution in [-0.2, 0) is 11.3 Å². The Kier molecular flexibility index (Phi) is 6.09. The zero-order valence-electron chi connectivity index (χ0n) is 12.7. The summed E-state index contributed by atoms with van der Waals surface area (Å²) in [5, 5.41) is 3.23. The summed E-state index contributed by atoms with van der Waals surface area (Å²) in [6.45, 7) is 5.00. The van der Waals surface area contributed by atoms with Gasteiger partial charge in [0.15, 0.2) is 0 Å². The number of nitrogens with two attached hydrogens (primary N) is 1. The van der Waals surface area contributed by atoms with Crippen LogP contribution in [0.25, 0.3) is 0 Å². The van der Waals surface area contributed by atoms with E-state index in [1.54, 1.807) is 6.92 Å². The summed E-state index contributed by atoms with van der Waals surface area (Å²) in [5.41, 5.74) is 6.76. The SMILES string of the molecule is CCC(COCc1cccc(Br)c1)Nc1nc(C)nc(N)n1. The highest BCUT2D eigenvalue weighted by molar-refractivity contribution is 9.10. The molecule has 1 unspecified atom stereocenters. The van der Waals surface area contributed by atoms with Gasteiger partial charge in [0, 0.05) is 4.47 Å². The fourth-order valence-electron chi connectivity index (χ4n) is 1.96. The van der Waals surface area contributed by atoms with Gasteiger partial charge in [-0.1, -0.05) is 35.0 Å². The molecule has 22 heavy (non-hydrogen) atoms. The number of nitrogens with one attached hydrogen (secondary N) is 1. The Hall–Kier alpha value is -1.73. The summed E-state index contributed by atoms with van der Waals surface area (Å²) in [5.74, 6) is 1.31. The summed E-state index contributed by atoms with van der Waals surface area (Å²) < 4.78 is 6.83. The molecule has 6 nitrogen and oxygen atoms in total. The van der Waals surface area contributed by atoms with Gasteiger partial charge >= 0.3 is 0 Å². The van der Waals surface area contributed by atoms with Crippen molar-refractivity contribution in [2.45, 2.75) is 32.9 Å². The highest BCUT2D eigenvalue weighted by Crippen LogP contribution is 2.13. The molecule has 7 heteroatoms.